The fourth-order valence-electron chi connectivity index (χ4n) is 1.64. The second kappa shape index (κ2) is 5.82. The van der Waals surface area contributed by atoms with Crippen molar-refractivity contribution in [3.63, 3.8) is 0 Å². The number of halogens is 1. The van der Waals surface area contributed by atoms with Crippen molar-refractivity contribution in [2.75, 3.05) is 7.11 Å². The molecule has 0 fully saturated rings. The number of hydrogen-bond donors (Lipinski definition) is 0. The molecule has 0 radical (unpaired) electrons. The van der Waals surface area contributed by atoms with Gasteiger partial charge in [-0.15, -0.1) is 0 Å². The summed E-state index contributed by atoms with van der Waals surface area (Å²) in [6, 6.07) is 6.70. The van der Waals surface area contributed by atoms with Crippen LogP contribution >= 0.6 is 11.6 Å². The number of methoxy groups -OCH3 is 1. The molecule has 92 valence electrons. The standard InChI is InChI=1S/C13H15ClO3/c1-8(2)11(13(16)17-3)12(15)9-6-4-5-7-10(9)14/h4-8,11H,1-3H3. The Kier molecular flexibility index (Phi) is 4.70. The molecular weight excluding hydrogens is 240 g/mol. The third kappa shape index (κ3) is 3.07. The molecule has 0 spiro atoms. The Morgan fingerprint density at radius 2 is 1.82 bits per heavy atom. The summed E-state index contributed by atoms with van der Waals surface area (Å²) in [6.45, 7) is 3.60. The Morgan fingerprint density at radius 1 is 1.24 bits per heavy atom. The van der Waals surface area contributed by atoms with Crippen LogP contribution in [0.5, 0.6) is 0 Å². The van der Waals surface area contributed by atoms with E-state index in [4.69, 9.17) is 11.6 Å². The SMILES string of the molecule is COC(=O)C(C(=O)c1ccccc1Cl)C(C)C. The minimum atomic E-state index is -0.806. The van der Waals surface area contributed by atoms with Gasteiger partial charge in [0.25, 0.3) is 0 Å². The van der Waals surface area contributed by atoms with Gasteiger partial charge in [-0.25, -0.2) is 0 Å². The number of rotatable bonds is 4. The minimum Gasteiger partial charge on any atom is -0.468 e. The number of ketones is 1. The Hall–Kier alpha value is -1.35. The number of benzene rings is 1. The number of Topliss-reactive ketones (excluding diaryl/α,β-unsaturated/α-hetero) is 1. The quantitative estimate of drug-likeness (QED) is 0.471. The van der Waals surface area contributed by atoms with Crippen molar-refractivity contribution in [2.45, 2.75) is 13.8 Å². The van der Waals surface area contributed by atoms with Crippen molar-refractivity contribution in [3.05, 3.63) is 34.9 Å². The van der Waals surface area contributed by atoms with E-state index >= 15 is 0 Å². The third-order valence-corrected chi connectivity index (χ3v) is 2.87. The van der Waals surface area contributed by atoms with Crippen LogP contribution in [0, 0.1) is 11.8 Å². The summed E-state index contributed by atoms with van der Waals surface area (Å²) in [4.78, 5) is 23.8. The molecule has 0 aromatic heterocycles. The van der Waals surface area contributed by atoms with Gasteiger partial charge < -0.3 is 4.74 Å². The van der Waals surface area contributed by atoms with Crippen molar-refractivity contribution in [1.29, 1.82) is 0 Å². The molecule has 0 aliphatic carbocycles. The van der Waals surface area contributed by atoms with Gasteiger partial charge in [0.2, 0.25) is 0 Å². The van der Waals surface area contributed by atoms with Crippen LogP contribution in [0.4, 0.5) is 0 Å². The predicted molar refractivity (Wildman–Crippen MR) is 66.1 cm³/mol. The fourth-order valence-corrected chi connectivity index (χ4v) is 1.87. The van der Waals surface area contributed by atoms with Gasteiger partial charge in [-0.1, -0.05) is 37.6 Å². The lowest BCUT2D eigenvalue weighted by Gasteiger charge is -2.17. The van der Waals surface area contributed by atoms with Crippen LogP contribution in [0.1, 0.15) is 24.2 Å². The first kappa shape index (κ1) is 13.7. The van der Waals surface area contributed by atoms with E-state index in [9.17, 15) is 9.59 Å². The first-order valence-corrected chi connectivity index (χ1v) is 5.73. The third-order valence-electron chi connectivity index (χ3n) is 2.54. The van der Waals surface area contributed by atoms with Gasteiger partial charge in [-0.3, -0.25) is 9.59 Å². The van der Waals surface area contributed by atoms with Crippen LogP contribution < -0.4 is 0 Å². The largest absolute Gasteiger partial charge is 0.468 e. The maximum atomic E-state index is 12.2. The molecule has 3 nitrogen and oxygen atoms in total. The molecule has 0 saturated heterocycles. The van der Waals surface area contributed by atoms with Crippen LogP contribution in [0.3, 0.4) is 0 Å². The molecule has 17 heavy (non-hydrogen) atoms. The molecule has 0 saturated carbocycles. The Labute approximate surface area is 106 Å². The predicted octanol–water partition coefficient (Wildman–Crippen LogP) is 2.97. The van der Waals surface area contributed by atoms with Crippen LogP contribution in [0.25, 0.3) is 0 Å². The summed E-state index contributed by atoms with van der Waals surface area (Å²) in [5.41, 5.74) is 0.360. The highest BCUT2D eigenvalue weighted by molar-refractivity contribution is 6.34. The van der Waals surface area contributed by atoms with Gasteiger partial charge >= 0.3 is 5.97 Å². The van der Waals surface area contributed by atoms with Gasteiger partial charge in [0.05, 0.1) is 12.1 Å². The van der Waals surface area contributed by atoms with E-state index in [1.807, 2.05) is 0 Å². The molecule has 0 aliphatic heterocycles. The summed E-state index contributed by atoms with van der Waals surface area (Å²) in [7, 11) is 1.28. The van der Waals surface area contributed by atoms with E-state index in [1.54, 1.807) is 38.1 Å². The average molecular weight is 255 g/mol. The molecule has 4 heteroatoms. The molecule has 0 aliphatic rings. The van der Waals surface area contributed by atoms with Crippen molar-refractivity contribution >= 4 is 23.4 Å². The summed E-state index contributed by atoms with van der Waals surface area (Å²) >= 11 is 5.94. The van der Waals surface area contributed by atoms with E-state index in [2.05, 4.69) is 4.74 Å². The molecule has 0 amide bonds. The van der Waals surface area contributed by atoms with E-state index in [1.165, 1.54) is 7.11 Å². The van der Waals surface area contributed by atoms with Gasteiger partial charge in [-0.2, -0.15) is 0 Å². The zero-order valence-corrected chi connectivity index (χ0v) is 10.8. The fraction of sp³-hybridized carbons (Fsp3) is 0.385. The van der Waals surface area contributed by atoms with Gasteiger partial charge in [0.1, 0.15) is 5.92 Å². The number of hydrogen-bond acceptors (Lipinski definition) is 3. The lowest BCUT2D eigenvalue weighted by Crippen LogP contribution is -2.30. The topological polar surface area (TPSA) is 43.4 Å². The summed E-state index contributed by atoms with van der Waals surface area (Å²) in [6.07, 6.45) is 0. The van der Waals surface area contributed by atoms with E-state index < -0.39 is 11.9 Å². The van der Waals surface area contributed by atoms with Crippen LogP contribution in [0.15, 0.2) is 24.3 Å². The summed E-state index contributed by atoms with van der Waals surface area (Å²) < 4.78 is 4.65. The molecule has 1 unspecified atom stereocenters. The van der Waals surface area contributed by atoms with E-state index in [0.717, 1.165) is 0 Å². The van der Waals surface area contributed by atoms with Crippen LogP contribution in [-0.2, 0) is 9.53 Å². The molecule has 1 rings (SSSR count). The molecule has 1 aromatic carbocycles. The first-order valence-electron chi connectivity index (χ1n) is 5.35. The second-order valence-electron chi connectivity index (χ2n) is 4.09. The van der Waals surface area contributed by atoms with Crippen molar-refractivity contribution in [2.24, 2.45) is 11.8 Å². The number of esters is 1. The highest BCUT2D eigenvalue weighted by Gasteiger charge is 2.32. The van der Waals surface area contributed by atoms with E-state index in [0.29, 0.717) is 10.6 Å². The van der Waals surface area contributed by atoms with Crippen molar-refractivity contribution < 1.29 is 14.3 Å². The summed E-state index contributed by atoms with van der Waals surface area (Å²) in [5, 5.41) is 0.354. The smallest absolute Gasteiger partial charge is 0.316 e. The first-order chi connectivity index (χ1) is 7.99. The zero-order valence-electron chi connectivity index (χ0n) is 10.1. The van der Waals surface area contributed by atoms with Gasteiger partial charge in [0.15, 0.2) is 5.78 Å². The van der Waals surface area contributed by atoms with E-state index in [-0.39, 0.29) is 11.7 Å². The monoisotopic (exact) mass is 254 g/mol. The normalized spacial score (nSPS) is 12.3. The highest BCUT2D eigenvalue weighted by Crippen LogP contribution is 2.23. The molecule has 0 N–H and O–H groups in total. The molecule has 0 bridgehead atoms. The maximum Gasteiger partial charge on any atom is 0.316 e. The van der Waals surface area contributed by atoms with Gasteiger partial charge in [0, 0.05) is 5.56 Å². The Morgan fingerprint density at radius 3 is 2.29 bits per heavy atom. The Balaban J connectivity index is 3.09. The van der Waals surface area contributed by atoms with Crippen LogP contribution in [0.2, 0.25) is 5.02 Å². The molecule has 1 atom stereocenters. The number of carbonyl (C=O) groups is 2. The number of carbonyl (C=O) groups excluding carboxylic acids is 2. The van der Waals surface area contributed by atoms with Crippen molar-refractivity contribution in [3.8, 4) is 0 Å². The molecular formula is C13H15ClO3. The lowest BCUT2D eigenvalue weighted by atomic mass is 9.88. The van der Waals surface area contributed by atoms with Gasteiger partial charge in [-0.05, 0) is 18.1 Å². The Bertz CT molecular complexity index is 426. The molecule has 0 heterocycles. The lowest BCUT2D eigenvalue weighted by molar-refractivity contribution is -0.144. The summed E-state index contributed by atoms with van der Waals surface area (Å²) in [5.74, 6) is -1.76. The minimum absolute atomic E-state index is 0.133. The van der Waals surface area contributed by atoms with Crippen molar-refractivity contribution in [1.82, 2.24) is 0 Å². The second-order valence-corrected chi connectivity index (χ2v) is 4.50. The maximum absolute atomic E-state index is 12.2. The average Bonchev–Trinajstić information content (AvgIpc) is 2.28. The number of ether oxygens (including phenoxy) is 1. The highest BCUT2D eigenvalue weighted by atomic mass is 35.5. The zero-order chi connectivity index (χ0) is 13.0. The van der Waals surface area contributed by atoms with Crippen LogP contribution in [-0.4, -0.2) is 18.9 Å². The molecule has 1 aromatic rings.